The Bertz CT molecular complexity index is 860. The van der Waals surface area contributed by atoms with Crippen LogP contribution in [0.2, 0.25) is 0 Å². The summed E-state index contributed by atoms with van der Waals surface area (Å²) in [5.74, 6) is 0.381. The minimum Gasteiger partial charge on any atom is -0.373 e. The number of likely N-dealkylation sites (tertiary alicyclic amines) is 1. The highest BCUT2D eigenvalue weighted by Gasteiger charge is 2.29. The highest BCUT2D eigenvalue weighted by Crippen LogP contribution is 2.20. The molecule has 28 heavy (non-hydrogen) atoms. The molecule has 2 aliphatic rings. The van der Waals surface area contributed by atoms with Gasteiger partial charge in [0.05, 0.1) is 4.90 Å². The largest absolute Gasteiger partial charge is 0.373 e. The van der Waals surface area contributed by atoms with Crippen molar-refractivity contribution in [1.29, 1.82) is 5.26 Å². The van der Waals surface area contributed by atoms with Crippen LogP contribution in [0, 0.1) is 17.2 Å². The predicted molar refractivity (Wildman–Crippen MR) is 105 cm³/mol. The maximum atomic E-state index is 12.7. The summed E-state index contributed by atoms with van der Waals surface area (Å²) in [4.78, 5) is 16.5. The Morgan fingerprint density at radius 1 is 1.07 bits per heavy atom. The molecule has 0 N–H and O–H groups in total. The van der Waals surface area contributed by atoms with Crippen LogP contribution in [-0.4, -0.2) is 67.7 Å². The van der Waals surface area contributed by atoms with Crippen LogP contribution in [0.25, 0.3) is 0 Å². The molecule has 2 aliphatic heterocycles. The van der Waals surface area contributed by atoms with Crippen LogP contribution in [0.4, 0.5) is 0 Å². The Morgan fingerprint density at radius 3 is 2.25 bits per heavy atom. The van der Waals surface area contributed by atoms with E-state index >= 15 is 0 Å². The average Bonchev–Trinajstić information content (AvgIpc) is 2.73. The maximum absolute atomic E-state index is 12.7. The Kier molecular flexibility index (Phi) is 6.37. The van der Waals surface area contributed by atoms with Gasteiger partial charge in [-0.25, -0.2) is 8.42 Å². The van der Waals surface area contributed by atoms with Gasteiger partial charge in [-0.2, -0.15) is 9.57 Å². The lowest BCUT2D eigenvalue weighted by Crippen LogP contribution is -2.47. The fourth-order valence-corrected chi connectivity index (χ4v) is 4.95. The van der Waals surface area contributed by atoms with E-state index in [1.54, 1.807) is 41.4 Å². The van der Waals surface area contributed by atoms with Gasteiger partial charge in [-0.15, -0.1) is 0 Å². The van der Waals surface area contributed by atoms with Crippen molar-refractivity contribution in [1.82, 2.24) is 14.1 Å². The van der Waals surface area contributed by atoms with Gasteiger partial charge < -0.3 is 9.80 Å². The number of hydrogen-bond donors (Lipinski definition) is 0. The van der Waals surface area contributed by atoms with E-state index in [9.17, 15) is 18.5 Å². The van der Waals surface area contributed by atoms with E-state index < -0.39 is 10.0 Å². The van der Waals surface area contributed by atoms with Gasteiger partial charge in [-0.3, -0.25) is 4.79 Å². The molecule has 3 rings (SSSR count). The number of carbonyl (C=O) groups excluding carboxylic acids is 1. The quantitative estimate of drug-likeness (QED) is 0.565. The number of benzene rings is 1. The second-order valence-electron chi connectivity index (χ2n) is 7.38. The first-order valence-electron chi connectivity index (χ1n) is 9.62. The molecule has 2 heterocycles. The Hall–Kier alpha value is -2.37. The summed E-state index contributed by atoms with van der Waals surface area (Å²) in [6.45, 7) is 5.07. The van der Waals surface area contributed by atoms with Crippen LogP contribution >= 0.6 is 0 Å². The molecule has 0 spiro atoms. The van der Waals surface area contributed by atoms with Crippen molar-refractivity contribution in [2.45, 2.75) is 24.7 Å². The van der Waals surface area contributed by atoms with Crippen molar-refractivity contribution < 1.29 is 13.2 Å². The molecule has 2 fully saturated rings. The lowest BCUT2D eigenvalue weighted by molar-refractivity contribution is -0.128. The highest BCUT2D eigenvalue weighted by molar-refractivity contribution is 7.89. The number of hydrogen-bond acceptors (Lipinski definition) is 5. The van der Waals surface area contributed by atoms with Crippen molar-refractivity contribution in [3.05, 3.63) is 42.1 Å². The van der Waals surface area contributed by atoms with Crippen molar-refractivity contribution in [3.63, 3.8) is 0 Å². The molecular formula is C20H26N4O3S. The number of nitriles is 1. The fourth-order valence-electron chi connectivity index (χ4n) is 3.51. The molecule has 0 aliphatic carbocycles. The molecule has 1 aromatic rings. The van der Waals surface area contributed by atoms with Crippen LogP contribution in [0.3, 0.4) is 0 Å². The summed E-state index contributed by atoms with van der Waals surface area (Å²) >= 11 is 0. The molecule has 0 saturated carbocycles. The van der Waals surface area contributed by atoms with Gasteiger partial charge in [0.2, 0.25) is 10.0 Å². The third kappa shape index (κ3) is 4.54. The minimum atomic E-state index is -3.51. The summed E-state index contributed by atoms with van der Waals surface area (Å²) in [5.41, 5.74) is 0.119. The average molecular weight is 403 g/mol. The molecule has 0 radical (unpaired) electrons. The first-order valence-corrected chi connectivity index (χ1v) is 11.1. The van der Waals surface area contributed by atoms with E-state index in [-0.39, 0.29) is 16.4 Å². The number of sulfonamides is 1. The third-order valence-electron chi connectivity index (χ3n) is 5.39. The van der Waals surface area contributed by atoms with Gasteiger partial charge in [0.1, 0.15) is 11.6 Å². The van der Waals surface area contributed by atoms with Gasteiger partial charge in [0, 0.05) is 45.5 Å². The van der Waals surface area contributed by atoms with Gasteiger partial charge in [0.25, 0.3) is 5.91 Å². The summed E-state index contributed by atoms with van der Waals surface area (Å²) in [7, 11) is -3.51. The van der Waals surface area contributed by atoms with Gasteiger partial charge in [0.15, 0.2) is 0 Å². The molecule has 0 aromatic heterocycles. The SMILES string of the molecule is CC1CCN(C(=O)/C(C#N)=C\N2CCN(S(=O)(=O)c3ccccc3)CC2)CC1. The first kappa shape index (κ1) is 20.4. The van der Waals surface area contributed by atoms with Crippen LogP contribution < -0.4 is 0 Å². The summed E-state index contributed by atoms with van der Waals surface area (Å²) < 4.78 is 26.8. The second-order valence-corrected chi connectivity index (χ2v) is 9.32. The number of nitrogens with zero attached hydrogens (tertiary/aromatic N) is 4. The molecule has 0 unspecified atom stereocenters. The Morgan fingerprint density at radius 2 is 1.68 bits per heavy atom. The summed E-state index contributed by atoms with van der Waals surface area (Å²) in [6.07, 6.45) is 3.51. The lowest BCUT2D eigenvalue weighted by Gasteiger charge is -2.34. The van der Waals surface area contributed by atoms with Gasteiger partial charge >= 0.3 is 0 Å². The standard InChI is InChI=1S/C20H26N4O3S/c1-17-7-9-23(10-8-17)20(25)18(15-21)16-22-11-13-24(14-12-22)28(26,27)19-5-3-2-4-6-19/h2-6,16-17H,7-14H2,1H3/b18-16-. The number of carbonyl (C=O) groups is 1. The maximum Gasteiger partial charge on any atom is 0.266 e. The molecular weight excluding hydrogens is 376 g/mol. The molecule has 0 bridgehead atoms. The van der Waals surface area contributed by atoms with Crippen molar-refractivity contribution in [3.8, 4) is 6.07 Å². The highest BCUT2D eigenvalue weighted by atomic mass is 32.2. The van der Waals surface area contributed by atoms with Crippen LogP contribution in [0.1, 0.15) is 19.8 Å². The van der Waals surface area contributed by atoms with E-state index in [1.807, 2.05) is 11.0 Å². The first-order chi connectivity index (χ1) is 13.4. The molecule has 0 atom stereocenters. The van der Waals surface area contributed by atoms with E-state index in [0.29, 0.717) is 45.2 Å². The lowest BCUT2D eigenvalue weighted by atomic mass is 9.99. The number of rotatable bonds is 4. The normalized spacial score (nSPS) is 20.1. The monoisotopic (exact) mass is 402 g/mol. The zero-order valence-corrected chi connectivity index (χ0v) is 16.9. The summed E-state index contributed by atoms with van der Waals surface area (Å²) in [6, 6.07) is 10.4. The molecule has 1 aromatic carbocycles. The molecule has 7 nitrogen and oxygen atoms in total. The molecule has 150 valence electrons. The Balaban J connectivity index is 1.62. The topological polar surface area (TPSA) is 84.7 Å². The fraction of sp³-hybridized carbons (Fsp3) is 0.500. The van der Waals surface area contributed by atoms with E-state index in [2.05, 4.69) is 6.92 Å². The Labute approximate surface area is 166 Å². The van der Waals surface area contributed by atoms with Crippen molar-refractivity contribution in [2.24, 2.45) is 5.92 Å². The molecule has 1 amide bonds. The summed E-state index contributed by atoms with van der Waals surface area (Å²) in [5, 5.41) is 9.44. The minimum absolute atomic E-state index is 0.119. The van der Waals surface area contributed by atoms with E-state index in [4.69, 9.17) is 0 Å². The van der Waals surface area contributed by atoms with Crippen LogP contribution in [0.5, 0.6) is 0 Å². The smallest absolute Gasteiger partial charge is 0.266 e. The number of piperazine rings is 1. The number of piperidine rings is 1. The third-order valence-corrected chi connectivity index (χ3v) is 7.30. The van der Waals surface area contributed by atoms with E-state index in [1.165, 1.54) is 4.31 Å². The van der Waals surface area contributed by atoms with Gasteiger partial charge in [-0.05, 0) is 30.9 Å². The van der Waals surface area contributed by atoms with E-state index in [0.717, 1.165) is 12.8 Å². The van der Waals surface area contributed by atoms with Crippen LogP contribution in [0.15, 0.2) is 47.0 Å². The van der Waals surface area contributed by atoms with Gasteiger partial charge in [-0.1, -0.05) is 25.1 Å². The number of amides is 1. The molecule has 2 saturated heterocycles. The second kappa shape index (κ2) is 8.76. The molecule has 8 heteroatoms. The van der Waals surface area contributed by atoms with Crippen LogP contribution in [-0.2, 0) is 14.8 Å². The zero-order chi connectivity index (χ0) is 20.1. The van der Waals surface area contributed by atoms with Crippen molar-refractivity contribution >= 4 is 15.9 Å². The van der Waals surface area contributed by atoms with Crippen molar-refractivity contribution in [2.75, 3.05) is 39.3 Å². The predicted octanol–water partition coefficient (Wildman–Crippen LogP) is 1.66. The zero-order valence-electron chi connectivity index (χ0n) is 16.1.